The average molecular weight is 760 g/mol. The summed E-state index contributed by atoms with van der Waals surface area (Å²) in [5, 5.41) is 0. The molecule has 0 aliphatic heterocycles. The first kappa shape index (κ1) is 63.0. The minimum atomic E-state index is 0. The normalized spacial score (nSPS) is 5.62. The Balaban J connectivity index is -0.0000000178. The fourth-order valence-corrected chi connectivity index (χ4v) is 1.01. The minimum Gasteiger partial charge on any atom is -0.672 e. The van der Waals surface area contributed by atoms with Crippen molar-refractivity contribution in [2.45, 2.75) is 13.1 Å². The second-order valence-electron chi connectivity index (χ2n) is 3.00. The van der Waals surface area contributed by atoms with Crippen LogP contribution < -0.4 is 0 Å². The van der Waals surface area contributed by atoms with Gasteiger partial charge in [-0.2, -0.15) is 39.6 Å². The summed E-state index contributed by atoms with van der Waals surface area (Å²) < 4.78 is 0. The van der Waals surface area contributed by atoms with Gasteiger partial charge in [-0.15, -0.1) is 13.1 Å². The van der Waals surface area contributed by atoms with E-state index in [1.54, 1.807) is 12.4 Å². The molecule has 2 radical (unpaired) electrons. The zero-order valence-corrected chi connectivity index (χ0v) is 30.4. The number of hydrogen-bond donors (Lipinski definition) is 0. The van der Waals surface area contributed by atoms with Crippen molar-refractivity contribution in [1.29, 1.82) is 0 Å². The van der Waals surface area contributed by atoms with E-state index in [2.05, 4.69) is 9.97 Å². The van der Waals surface area contributed by atoms with Gasteiger partial charge in [-0.1, -0.05) is 12.1 Å². The van der Waals surface area contributed by atoms with Crippen LogP contribution in [-0.4, -0.2) is 9.97 Å². The van der Waals surface area contributed by atoms with Crippen molar-refractivity contribution in [2.75, 3.05) is 0 Å². The summed E-state index contributed by atoms with van der Waals surface area (Å²) in [5.41, 5.74) is 15.4. The van der Waals surface area contributed by atoms with Gasteiger partial charge in [-0.3, -0.25) is 9.97 Å². The molecule has 0 aliphatic carbocycles. The van der Waals surface area contributed by atoms with E-state index in [1.807, 2.05) is 36.4 Å². The van der Waals surface area contributed by atoms with E-state index in [1.165, 1.54) is 0 Å². The van der Waals surface area contributed by atoms with Crippen molar-refractivity contribution in [1.82, 2.24) is 9.97 Å². The smallest absolute Gasteiger partial charge is 0.672 e. The van der Waals surface area contributed by atoms with E-state index < -0.39 is 0 Å². The maximum atomic E-state index is 6.88. The molecular formula is C14H32N4P4Ru2Y2. The molecular weight excluding hydrogens is 728 g/mol. The van der Waals surface area contributed by atoms with Gasteiger partial charge in [0.05, 0.1) is 0 Å². The van der Waals surface area contributed by atoms with Gasteiger partial charge in [-0.05, 0) is 24.3 Å². The van der Waals surface area contributed by atoms with E-state index >= 15 is 0 Å². The molecule has 26 heavy (non-hydrogen) atoms. The van der Waals surface area contributed by atoms with Gasteiger partial charge < -0.3 is 26.3 Å². The molecule has 2 heterocycles. The Morgan fingerprint density at radius 1 is 0.615 bits per heavy atom. The first-order valence-electron chi connectivity index (χ1n) is 4.96. The van der Waals surface area contributed by atoms with Crippen LogP contribution in [0.5, 0.6) is 0 Å². The summed E-state index contributed by atoms with van der Waals surface area (Å²) in [5.74, 6) is 0. The minimum absolute atomic E-state index is 0. The number of rotatable bonds is 2. The van der Waals surface area contributed by atoms with Crippen LogP contribution in [0, 0.1) is 14.9 Å². The Hall–Kier alpha value is 3.39. The van der Waals surface area contributed by atoms with Gasteiger partial charge in [0, 0.05) is 89.2 Å². The Kier molecular flexibility index (Phi) is 113. The van der Waals surface area contributed by atoms with Crippen LogP contribution in [0.4, 0.5) is 0 Å². The van der Waals surface area contributed by atoms with Gasteiger partial charge in [0.25, 0.3) is 0 Å². The second kappa shape index (κ2) is 46.6. The number of nitrogens with one attached hydrogen (secondary N) is 2. The van der Waals surface area contributed by atoms with Crippen LogP contribution in [-0.2, 0) is 117 Å². The van der Waals surface area contributed by atoms with Crippen molar-refractivity contribution in [3.63, 3.8) is 0 Å². The molecule has 2 aromatic heterocycles. The zero-order valence-electron chi connectivity index (χ0n) is 15.6. The van der Waals surface area contributed by atoms with Crippen molar-refractivity contribution in [3.8, 4) is 0 Å². The first-order valence-corrected chi connectivity index (χ1v) is 4.96. The van der Waals surface area contributed by atoms with Crippen molar-refractivity contribution >= 4 is 39.6 Å². The van der Waals surface area contributed by atoms with Gasteiger partial charge >= 0.3 is 39.0 Å². The van der Waals surface area contributed by atoms with Crippen LogP contribution in [0.3, 0.4) is 0 Å². The molecule has 0 aliphatic rings. The molecule has 4 atom stereocenters. The number of aromatic nitrogens is 2. The molecule has 2 aromatic rings. The SMILES string of the molecule is P.P.P.P.[CH3-].[CH3-].[NH-]Cc1ccccn1.[NH-]Cc1ccccn1.[Ru+2].[Ru+2].[Y].[Y]. The zero-order chi connectivity index (χ0) is 11.6. The van der Waals surface area contributed by atoms with Gasteiger partial charge in [0.1, 0.15) is 0 Å². The molecule has 0 bridgehead atoms. The standard InChI is InChI=1S/2C6H7N2.2CH3.4H3P.2Ru.2Y/c2*7-5-6-3-1-2-4-8-6;;;;;;;;;;/h2*1-4,7H,5H2;6*1H3;;;;/q4*-1;;;;;2*+2;;. The van der Waals surface area contributed by atoms with Gasteiger partial charge in [-0.25, -0.2) is 0 Å². The Labute approximate surface area is 250 Å². The van der Waals surface area contributed by atoms with Gasteiger partial charge in [0.2, 0.25) is 0 Å². The molecule has 0 spiro atoms. The van der Waals surface area contributed by atoms with Crippen molar-refractivity contribution in [2.24, 2.45) is 0 Å². The van der Waals surface area contributed by atoms with Crippen molar-refractivity contribution < 1.29 is 104 Å². The summed E-state index contributed by atoms with van der Waals surface area (Å²) in [7, 11) is 0. The second-order valence-corrected chi connectivity index (χ2v) is 3.00. The molecule has 0 fully saturated rings. The number of nitrogens with zero attached hydrogens (tertiary/aromatic N) is 2. The molecule has 4 nitrogen and oxygen atoms in total. The first-order chi connectivity index (χ1) is 7.86. The molecule has 0 amide bonds. The van der Waals surface area contributed by atoms with Crippen LogP contribution in [0.15, 0.2) is 48.8 Å². The van der Waals surface area contributed by atoms with Crippen molar-refractivity contribution in [3.05, 3.63) is 86.5 Å². The molecule has 2 N–H and O–H groups in total. The summed E-state index contributed by atoms with van der Waals surface area (Å²) in [6.45, 7) is 0.557. The Morgan fingerprint density at radius 3 is 1.00 bits per heavy atom. The van der Waals surface area contributed by atoms with E-state index in [0.29, 0.717) is 0 Å². The van der Waals surface area contributed by atoms with E-state index in [4.69, 9.17) is 11.5 Å². The maximum Gasteiger partial charge on any atom is 2.00 e. The van der Waals surface area contributed by atoms with E-state index in [0.717, 1.165) is 11.4 Å². The summed E-state index contributed by atoms with van der Waals surface area (Å²) >= 11 is 0. The summed E-state index contributed by atoms with van der Waals surface area (Å²) in [6.07, 6.45) is 3.40. The number of hydrogen-bond acceptors (Lipinski definition) is 2. The number of pyridine rings is 2. The third kappa shape index (κ3) is 34.9. The molecule has 2 rings (SSSR count). The largest absolute Gasteiger partial charge is 2.00 e. The topological polar surface area (TPSA) is 73.4 Å². The van der Waals surface area contributed by atoms with Crippen LogP contribution in [0.1, 0.15) is 11.4 Å². The van der Waals surface area contributed by atoms with E-state index in [-0.39, 0.29) is 172 Å². The van der Waals surface area contributed by atoms with E-state index in [9.17, 15) is 0 Å². The summed E-state index contributed by atoms with van der Waals surface area (Å²) in [4.78, 5) is 7.82. The summed E-state index contributed by atoms with van der Waals surface area (Å²) in [6, 6.07) is 11.1. The predicted molar refractivity (Wildman–Crippen MR) is 122 cm³/mol. The fraction of sp³-hybridized carbons (Fsp3) is 0.143. The Bertz CT molecular complexity index is 371. The molecule has 12 heteroatoms. The van der Waals surface area contributed by atoms with Crippen LogP contribution >= 0.6 is 39.6 Å². The van der Waals surface area contributed by atoms with Crippen LogP contribution in [0.2, 0.25) is 0 Å². The molecule has 0 saturated heterocycles. The van der Waals surface area contributed by atoms with Crippen LogP contribution in [0.25, 0.3) is 11.5 Å². The third-order valence-corrected chi connectivity index (χ3v) is 1.81. The molecule has 0 aromatic carbocycles. The molecule has 4 unspecified atom stereocenters. The quantitative estimate of drug-likeness (QED) is 0.259. The molecule has 0 saturated carbocycles. The fourth-order valence-electron chi connectivity index (χ4n) is 1.01. The Morgan fingerprint density at radius 2 is 0.885 bits per heavy atom. The third-order valence-electron chi connectivity index (χ3n) is 1.81. The monoisotopic (exact) mass is 762 g/mol. The molecule has 150 valence electrons. The average Bonchev–Trinajstić information content (AvgIpc) is 2.41. The van der Waals surface area contributed by atoms with Gasteiger partial charge in [0.15, 0.2) is 0 Å². The predicted octanol–water partition coefficient (Wildman–Crippen LogP) is 4.39. The maximum absolute atomic E-state index is 6.88.